The van der Waals surface area contributed by atoms with Gasteiger partial charge in [0, 0.05) is 5.56 Å². The fraction of sp³-hybridized carbons (Fsp3) is 0.0625. The number of aromatic nitrogens is 3. The van der Waals surface area contributed by atoms with Gasteiger partial charge in [0.2, 0.25) is 0 Å². The normalized spacial score (nSPS) is 10.5. The van der Waals surface area contributed by atoms with Crippen molar-refractivity contribution in [1.82, 2.24) is 15.0 Å². The van der Waals surface area contributed by atoms with E-state index in [0.717, 1.165) is 5.56 Å². The molecule has 0 fully saturated rings. The Hall–Kier alpha value is -3.02. The molecule has 0 aliphatic heterocycles. The van der Waals surface area contributed by atoms with Gasteiger partial charge in [-0.3, -0.25) is 4.79 Å². The van der Waals surface area contributed by atoms with Gasteiger partial charge in [-0.25, -0.2) is 9.07 Å². The summed E-state index contributed by atoms with van der Waals surface area (Å²) < 4.78 is 19.7. The van der Waals surface area contributed by atoms with Crippen molar-refractivity contribution < 1.29 is 13.9 Å². The van der Waals surface area contributed by atoms with Crippen molar-refractivity contribution in [2.75, 3.05) is 7.11 Å². The van der Waals surface area contributed by atoms with Crippen LogP contribution in [0.15, 0.2) is 48.5 Å². The fourth-order valence-electron chi connectivity index (χ4n) is 2.15. The first-order valence-corrected chi connectivity index (χ1v) is 6.54. The van der Waals surface area contributed by atoms with E-state index in [4.69, 9.17) is 4.74 Å². The van der Waals surface area contributed by atoms with Crippen LogP contribution in [0.2, 0.25) is 0 Å². The highest BCUT2D eigenvalue weighted by atomic mass is 19.1. The van der Waals surface area contributed by atoms with Crippen LogP contribution < -0.4 is 4.74 Å². The van der Waals surface area contributed by atoms with Crippen LogP contribution in [0, 0.1) is 5.82 Å². The first kappa shape index (κ1) is 13.9. The lowest BCUT2D eigenvalue weighted by Crippen LogP contribution is -2.00. The van der Waals surface area contributed by atoms with Gasteiger partial charge >= 0.3 is 0 Å². The van der Waals surface area contributed by atoms with Crippen LogP contribution in [0.25, 0.3) is 16.9 Å². The Morgan fingerprint density at radius 3 is 2.36 bits per heavy atom. The summed E-state index contributed by atoms with van der Waals surface area (Å²) >= 11 is 0. The summed E-state index contributed by atoms with van der Waals surface area (Å²) in [5, 5.41) is 7.86. The van der Waals surface area contributed by atoms with Gasteiger partial charge in [-0.05, 0) is 48.5 Å². The minimum Gasteiger partial charge on any atom is -0.497 e. The Balaban J connectivity index is 2.14. The molecule has 0 N–H and O–H groups in total. The van der Waals surface area contributed by atoms with Crippen molar-refractivity contribution >= 4 is 6.29 Å². The van der Waals surface area contributed by atoms with Crippen LogP contribution in [0.3, 0.4) is 0 Å². The van der Waals surface area contributed by atoms with Crippen LogP contribution >= 0.6 is 0 Å². The summed E-state index contributed by atoms with van der Waals surface area (Å²) in [7, 11) is 1.58. The molecule has 5 nitrogen and oxygen atoms in total. The first-order chi connectivity index (χ1) is 10.7. The standard InChI is InChI=1S/C16H12FN3O2/c1-22-14-8-2-11(3-9-14)16-15(10-21)18-19-20(16)13-6-4-12(17)5-7-13/h2-10H,1H3. The molecule has 110 valence electrons. The predicted molar refractivity (Wildman–Crippen MR) is 78.7 cm³/mol. The zero-order valence-corrected chi connectivity index (χ0v) is 11.7. The molecular formula is C16H12FN3O2. The highest BCUT2D eigenvalue weighted by molar-refractivity contribution is 5.84. The number of hydrogen-bond acceptors (Lipinski definition) is 4. The Labute approximate surface area is 126 Å². The minimum atomic E-state index is -0.342. The van der Waals surface area contributed by atoms with E-state index in [-0.39, 0.29) is 11.5 Å². The molecular weight excluding hydrogens is 285 g/mol. The smallest absolute Gasteiger partial charge is 0.172 e. The molecule has 3 aromatic rings. The molecule has 0 bridgehead atoms. The number of benzene rings is 2. The molecule has 1 aromatic heterocycles. The number of nitrogens with zero attached hydrogens (tertiary/aromatic N) is 3. The molecule has 3 rings (SSSR count). The van der Waals surface area contributed by atoms with Crippen LogP contribution in [0.1, 0.15) is 10.5 Å². The predicted octanol–water partition coefficient (Wildman–Crippen LogP) is 2.89. The molecule has 1 heterocycles. The van der Waals surface area contributed by atoms with Crippen molar-refractivity contribution in [1.29, 1.82) is 0 Å². The van der Waals surface area contributed by atoms with E-state index >= 15 is 0 Å². The average Bonchev–Trinajstić information content (AvgIpc) is 2.99. The number of methoxy groups -OCH3 is 1. The second kappa shape index (κ2) is 5.77. The Morgan fingerprint density at radius 1 is 1.09 bits per heavy atom. The van der Waals surface area contributed by atoms with Crippen molar-refractivity contribution in [2.45, 2.75) is 0 Å². The number of carbonyl (C=O) groups is 1. The van der Waals surface area contributed by atoms with E-state index in [9.17, 15) is 9.18 Å². The Kier molecular flexibility index (Phi) is 3.65. The molecule has 0 saturated heterocycles. The van der Waals surface area contributed by atoms with Gasteiger partial charge in [0.1, 0.15) is 17.3 Å². The highest BCUT2D eigenvalue weighted by Crippen LogP contribution is 2.26. The topological polar surface area (TPSA) is 57.0 Å². The molecule has 0 atom stereocenters. The van der Waals surface area contributed by atoms with Gasteiger partial charge in [0.25, 0.3) is 0 Å². The van der Waals surface area contributed by atoms with E-state index in [1.54, 1.807) is 31.4 Å². The van der Waals surface area contributed by atoms with Crippen LogP contribution in [0.5, 0.6) is 5.75 Å². The fourth-order valence-corrected chi connectivity index (χ4v) is 2.15. The number of aldehydes is 1. The van der Waals surface area contributed by atoms with Gasteiger partial charge in [0.15, 0.2) is 12.0 Å². The second-order valence-corrected chi connectivity index (χ2v) is 4.56. The highest BCUT2D eigenvalue weighted by Gasteiger charge is 2.16. The van der Waals surface area contributed by atoms with Gasteiger partial charge in [-0.1, -0.05) is 5.21 Å². The van der Waals surface area contributed by atoms with Crippen LogP contribution in [0.4, 0.5) is 4.39 Å². The van der Waals surface area contributed by atoms with Crippen LogP contribution in [-0.4, -0.2) is 28.4 Å². The van der Waals surface area contributed by atoms with E-state index < -0.39 is 0 Å². The second-order valence-electron chi connectivity index (χ2n) is 4.56. The quantitative estimate of drug-likeness (QED) is 0.695. The lowest BCUT2D eigenvalue weighted by atomic mass is 10.1. The number of hydrogen-bond donors (Lipinski definition) is 0. The lowest BCUT2D eigenvalue weighted by molar-refractivity contribution is 0.111. The zero-order chi connectivity index (χ0) is 15.5. The average molecular weight is 297 g/mol. The van der Waals surface area contributed by atoms with Crippen molar-refractivity contribution in [3.05, 3.63) is 60.0 Å². The van der Waals surface area contributed by atoms with Crippen LogP contribution in [-0.2, 0) is 0 Å². The third-order valence-corrected chi connectivity index (χ3v) is 3.24. The van der Waals surface area contributed by atoms with Crippen molar-refractivity contribution in [3.63, 3.8) is 0 Å². The molecule has 0 spiro atoms. The third-order valence-electron chi connectivity index (χ3n) is 3.24. The molecule has 6 heteroatoms. The number of carbonyl (C=O) groups excluding carboxylic acids is 1. The van der Waals surface area contributed by atoms with E-state index in [2.05, 4.69) is 10.3 Å². The summed E-state index contributed by atoms with van der Waals surface area (Å²) in [6.45, 7) is 0. The summed E-state index contributed by atoms with van der Waals surface area (Å²) in [6, 6.07) is 13.0. The van der Waals surface area contributed by atoms with E-state index in [1.807, 2.05) is 12.1 Å². The largest absolute Gasteiger partial charge is 0.497 e. The molecule has 0 aliphatic rings. The molecule has 0 unspecified atom stereocenters. The van der Waals surface area contributed by atoms with Gasteiger partial charge in [0.05, 0.1) is 12.8 Å². The Bertz CT molecular complexity index is 795. The van der Waals surface area contributed by atoms with Gasteiger partial charge in [-0.2, -0.15) is 0 Å². The molecule has 22 heavy (non-hydrogen) atoms. The Morgan fingerprint density at radius 2 is 1.77 bits per heavy atom. The summed E-state index contributed by atoms with van der Waals surface area (Å²) in [4.78, 5) is 11.2. The van der Waals surface area contributed by atoms with Gasteiger partial charge < -0.3 is 4.74 Å². The number of rotatable bonds is 4. The van der Waals surface area contributed by atoms with Crippen molar-refractivity contribution in [2.24, 2.45) is 0 Å². The molecule has 0 saturated carbocycles. The number of halogens is 1. The third kappa shape index (κ3) is 2.46. The molecule has 0 amide bonds. The van der Waals surface area contributed by atoms with E-state index in [1.165, 1.54) is 16.8 Å². The number of ether oxygens (including phenoxy) is 1. The maximum absolute atomic E-state index is 13.1. The SMILES string of the molecule is COc1ccc(-c2c(C=O)nnn2-c2ccc(F)cc2)cc1. The monoisotopic (exact) mass is 297 g/mol. The minimum absolute atomic E-state index is 0.217. The summed E-state index contributed by atoms with van der Waals surface area (Å²) in [5.74, 6) is 0.364. The maximum Gasteiger partial charge on any atom is 0.172 e. The zero-order valence-electron chi connectivity index (χ0n) is 11.7. The molecule has 0 aliphatic carbocycles. The summed E-state index contributed by atoms with van der Waals surface area (Å²) in [5.41, 5.74) is 2.14. The maximum atomic E-state index is 13.1. The van der Waals surface area contributed by atoms with Gasteiger partial charge in [-0.15, -0.1) is 5.10 Å². The first-order valence-electron chi connectivity index (χ1n) is 6.54. The lowest BCUT2D eigenvalue weighted by Gasteiger charge is -2.08. The molecule has 0 radical (unpaired) electrons. The summed E-state index contributed by atoms with van der Waals surface area (Å²) in [6.07, 6.45) is 0.645. The molecule has 2 aromatic carbocycles. The van der Waals surface area contributed by atoms with E-state index in [0.29, 0.717) is 23.4 Å². The van der Waals surface area contributed by atoms with Crippen molar-refractivity contribution in [3.8, 4) is 22.7 Å².